The molecule has 0 fully saturated rings. The second kappa shape index (κ2) is 8.06. The van der Waals surface area contributed by atoms with Crippen LogP contribution in [-0.4, -0.2) is 19.9 Å². The van der Waals surface area contributed by atoms with Gasteiger partial charge in [0.2, 0.25) is 9.74 Å². The molecule has 0 aliphatic heterocycles. The van der Waals surface area contributed by atoms with Gasteiger partial charge in [0.15, 0.2) is 11.6 Å². The van der Waals surface area contributed by atoms with E-state index in [1.54, 1.807) is 24.5 Å². The van der Waals surface area contributed by atoms with Crippen LogP contribution < -0.4 is 5.32 Å². The Bertz CT molecular complexity index is 962. The predicted octanol–water partition coefficient (Wildman–Crippen LogP) is 5.39. The second-order valence-electron chi connectivity index (χ2n) is 5.59. The second-order valence-corrected chi connectivity index (χ2v) is 7.87. The zero-order chi connectivity index (χ0) is 20.4. The monoisotopic (exact) mass is 447 g/mol. The van der Waals surface area contributed by atoms with Crippen LogP contribution in [0.3, 0.4) is 0 Å². The number of hydrogen-bond acceptors (Lipinski definition) is 5. The fraction of sp³-hybridized carbons (Fsp3) is 0.176. The maximum Gasteiger partial charge on any atom is 0.416 e. The molecule has 28 heavy (non-hydrogen) atoms. The van der Waals surface area contributed by atoms with Crippen LogP contribution in [-0.2, 0) is 16.5 Å². The molecule has 0 spiro atoms. The van der Waals surface area contributed by atoms with E-state index in [4.69, 9.17) is 34.8 Å². The van der Waals surface area contributed by atoms with Gasteiger partial charge in [-0.25, -0.2) is 4.98 Å². The average Bonchev–Trinajstić information content (AvgIpc) is 2.66. The number of halogens is 6. The molecule has 0 unspecified atom stereocenters. The molecule has 0 bridgehead atoms. The predicted molar refractivity (Wildman–Crippen MR) is 101 cm³/mol. The molecule has 0 radical (unpaired) electrons. The van der Waals surface area contributed by atoms with Crippen molar-refractivity contribution in [3.05, 3.63) is 65.7 Å². The number of benzene rings is 1. The number of hydrogen-bond donors (Lipinski definition) is 1. The van der Waals surface area contributed by atoms with Gasteiger partial charge < -0.3 is 5.32 Å². The van der Waals surface area contributed by atoms with E-state index in [2.05, 4.69) is 25.3 Å². The van der Waals surface area contributed by atoms with Gasteiger partial charge in [-0.05, 0) is 29.8 Å². The highest BCUT2D eigenvalue weighted by Gasteiger charge is 2.32. The van der Waals surface area contributed by atoms with Crippen LogP contribution in [0.1, 0.15) is 17.0 Å². The normalized spacial score (nSPS) is 12.1. The molecule has 0 amide bonds. The van der Waals surface area contributed by atoms with Gasteiger partial charge in [-0.15, -0.1) is 0 Å². The van der Waals surface area contributed by atoms with E-state index in [1.165, 1.54) is 12.1 Å². The summed E-state index contributed by atoms with van der Waals surface area (Å²) >= 11 is 17.6. The van der Waals surface area contributed by atoms with Gasteiger partial charge in [0.1, 0.15) is 0 Å². The molecule has 0 saturated heterocycles. The van der Waals surface area contributed by atoms with Crippen LogP contribution >= 0.6 is 34.8 Å². The summed E-state index contributed by atoms with van der Waals surface area (Å²) in [6, 6.07) is 8.10. The highest BCUT2D eigenvalue weighted by molar-refractivity contribution is 6.66. The molecule has 0 aliphatic rings. The summed E-state index contributed by atoms with van der Waals surface area (Å²) in [7, 11) is 0. The lowest BCUT2D eigenvalue weighted by atomic mass is 10.1. The van der Waals surface area contributed by atoms with Crippen molar-refractivity contribution in [2.24, 2.45) is 0 Å². The van der Waals surface area contributed by atoms with Crippen molar-refractivity contribution >= 4 is 40.8 Å². The number of nitrogens with zero attached hydrogens (tertiary/aromatic N) is 4. The molecule has 2 heterocycles. The molecule has 5 nitrogen and oxygen atoms in total. The van der Waals surface area contributed by atoms with E-state index < -0.39 is 15.5 Å². The summed E-state index contributed by atoms with van der Waals surface area (Å²) in [5.74, 6) is -0.211. The van der Waals surface area contributed by atoms with Crippen molar-refractivity contribution < 1.29 is 13.2 Å². The lowest BCUT2D eigenvalue weighted by Crippen LogP contribution is -2.14. The van der Waals surface area contributed by atoms with Crippen molar-refractivity contribution in [3.63, 3.8) is 0 Å². The van der Waals surface area contributed by atoms with Crippen molar-refractivity contribution in [2.75, 3.05) is 5.32 Å². The topological polar surface area (TPSA) is 63.6 Å². The minimum absolute atomic E-state index is 0.0559. The van der Waals surface area contributed by atoms with Crippen molar-refractivity contribution in [2.45, 2.75) is 16.5 Å². The van der Waals surface area contributed by atoms with E-state index in [-0.39, 0.29) is 23.2 Å². The van der Waals surface area contributed by atoms with Gasteiger partial charge >= 0.3 is 6.18 Å². The Morgan fingerprint density at radius 3 is 2.29 bits per heavy atom. The Morgan fingerprint density at radius 2 is 1.64 bits per heavy atom. The quantitative estimate of drug-likeness (QED) is 0.542. The smallest absolute Gasteiger partial charge is 0.350 e. The van der Waals surface area contributed by atoms with E-state index in [1.807, 2.05) is 0 Å². The zero-order valence-electron chi connectivity index (χ0n) is 13.9. The maximum atomic E-state index is 13.0. The first kappa shape index (κ1) is 20.6. The molecule has 1 N–H and O–H groups in total. The Balaban J connectivity index is 1.99. The Hall–Kier alpha value is -2.16. The van der Waals surface area contributed by atoms with Gasteiger partial charge in [0.05, 0.1) is 5.56 Å². The molecule has 0 aliphatic carbocycles. The average molecular weight is 449 g/mol. The summed E-state index contributed by atoms with van der Waals surface area (Å²) in [4.78, 5) is 16.1. The molecular weight excluding hydrogens is 438 g/mol. The Kier molecular flexibility index (Phi) is 5.92. The van der Waals surface area contributed by atoms with Crippen LogP contribution in [0.2, 0.25) is 0 Å². The molecule has 3 aromatic rings. The highest BCUT2D eigenvalue weighted by Crippen LogP contribution is 2.37. The Morgan fingerprint density at radius 1 is 0.929 bits per heavy atom. The molecular formula is C17H11Cl3F3N5. The van der Waals surface area contributed by atoms with E-state index >= 15 is 0 Å². The SMILES string of the molecule is FC(F)(F)c1cccc(-c2nc(NCc3ccncc3)nc(C(Cl)(Cl)Cl)n2)c1. The minimum atomic E-state index is -4.51. The third-order valence-corrected chi connectivity index (χ3v) is 4.04. The van der Waals surface area contributed by atoms with Crippen LogP contribution in [0, 0.1) is 0 Å². The van der Waals surface area contributed by atoms with Crippen LogP contribution in [0.4, 0.5) is 19.1 Å². The molecule has 11 heteroatoms. The first-order valence-corrected chi connectivity index (χ1v) is 8.90. The van der Waals surface area contributed by atoms with Gasteiger partial charge in [0.25, 0.3) is 0 Å². The molecule has 2 aromatic heterocycles. The van der Waals surface area contributed by atoms with Crippen LogP contribution in [0.5, 0.6) is 0 Å². The van der Waals surface area contributed by atoms with E-state index in [0.29, 0.717) is 6.54 Å². The summed E-state index contributed by atoms with van der Waals surface area (Å²) in [5.41, 5.74) is 0.151. The number of aromatic nitrogens is 4. The van der Waals surface area contributed by atoms with Gasteiger partial charge in [-0.3, -0.25) is 4.98 Å². The van der Waals surface area contributed by atoms with Crippen molar-refractivity contribution in [1.82, 2.24) is 19.9 Å². The summed E-state index contributed by atoms with van der Waals surface area (Å²) < 4.78 is 37.0. The number of alkyl halides is 6. The van der Waals surface area contributed by atoms with Gasteiger partial charge in [0, 0.05) is 24.5 Å². The molecule has 3 rings (SSSR count). The maximum absolute atomic E-state index is 13.0. The fourth-order valence-electron chi connectivity index (χ4n) is 2.23. The lowest BCUT2D eigenvalue weighted by molar-refractivity contribution is -0.137. The summed E-state index contributed by atoms with van der Waals surface area (Å²) in [5, 5.41) is 2.94. The zero-order valence-corrected chi connectivity index (χ0v) is 16.2. The fourth-order valence-corrected chi connectivity index (χ4v) is 2.48. The molecule has 0 saturated carbocycles. The minimum Gasteiger partial charge on any atom is -0.350 e. The number of rotatable bonds is 4. The highest BCUT2D eigenvalue weighted by atomic mass is 35.6. The summed E-state index contributed by atoms with van der Waals surface area (Å²) in [6.45, 7) is 0.327. The largest absolute Gasteiger partial charge is 0.416 e. The number of anilines is 1. The number of pyridine rings is 1. The molecule has 1 aromatic carbocycles. The molecule has 0 atom stereocenters. The van der Waals surface area contributed by atoms with Crippen LogP contribution in [0.15, 0.2) is 48.8 Å². The Labute approximate surface area is 172 Å². The standard InChI is InChI=1S/C17H11Cl3F3N5/c18-16(19,20)14-26-13(11-2-1-3-12(8-11)17(21,22)23)27-15(28-14)25-9-10-4-6-24-7-5-10/h1-8H,9H2,(H,25,26,27,28). The summed E-state index contributed by atoms with van der Waals surface area (Å²) in [6.07, 6.45) is -1.28. The lowest BCUT2D eigenvalue weighted by Gasteiger charge is -2.14. The van der Waals surface area contributed by atoms with E-state index in [9.17, 15) is 13.2 Å². The van der Waals surface area contributed by atoms with Crippen molar-refractivity contribution in [1.29, 1.82) is 0 Å². The van der Waals surface area contributed by atoms with Crippen molar-refractivity contribution in [3.8, 4) is 11.4 Å². The first-order valence-electron chi connectivity index (χ1n) is 7.76. The van der Waals surface area contributed by atoms with Crippen LogP contribution in [0.25, 0.3) is 11.4 Å². The third kappa shape index (κ3) is 5.21. The molecule has 146 valence electrons. The number of nitrogens with one attached hydrogen (secondary N) is 1. The van der Waals surface area contributed by atoms with Gasteiger partial charge in [-0.2, -0.15) is 23.1 Å². The first-order chi connectivity index (χ1) is 13.1. The van der Waals surface area contributed by atoms with Gasteiger partial charge in [-0.1, -0.05) is 46.9 Å². The third-order valence-electron chi connectivity index (χ3n) is 3.54. The van der Waals surface area contributed by atoms with E-state index in [0.717, 1.165) is 17.7 Å².